The highest BCUT2D eigenvalue weighted by molar-refractivity contribution is 5.94. The van der Waals surface area contributed by atoms with Crippen LogP contribution in [0.25, 0.3) is 0 Å². The molecule has 5 heteroatoms. The van der Waals surface area contributed by atoms with Crippen LogP contribution in [0, 0.1) is 0 Å². The van der Waals surface area contributed by atoms with E-state index in [1.807, 2.05) is 42.3 Å². The van der Waals surface area contributed by atoms with Gasteiger partial charge in [0.1, 0.15) is 0 Å². The van der Waals surface area contributed by atoms with Gasteiger partial charge in [-0.25, -0.2) is 0 Å². The molecule has 1 aromatic rings. The molecule has 1 rings (SSSR count). The van der Waals surface area contributed by atoms with Gasteiger partial charge in [0.15, 0.2) is 5.96 Å². The van der Waals surface area contributed by atoms with Gasteiger partial charge >= 0.3 is 5.97 Å². The zero-order valence-electron chi connectivity index (χ0n) is 18.3. The first kappa shape index (κ1) is 25.0. The molecular formula is C24H41N3O2. The van der Waals surface area contributed by atoms with Crippen molar-refractivity contribution in [3.8, 4) is 0 Å². The van der Waals surface area contributed by atoms with Gasteiger partial charge in [0, 0.05) is 25.7 Å². The lowest BCUT2D eigenvalue weighted by atomic mass is 10.0. The van der Waals surface area contributed by atoms with Gasteiger partial charge in [-0.1, -0.05) is 88.8 Å². The fraction of sp³-hybridized carbons (Fsp3) is 0.667. The molecule has 1 aromatic carbocycles. The summed E-state index contributed by atoms with van der Waals surface area (Å²) in [5.41, 5.74) is 7.13. The van der Waals surface area contributed by atoms with E-state index >= 15 is 0 Å². The van der Waals surface area contributed by atoms with Crippen LogP contribution in [0.3, 0.4) is 0 Å². The predicted octanol–water partition coefficient (Wildman–Crippen LogP) is 5.98. The zero-order chi connectivity index (χ0) is 21.2. The molecule has 0 radical (unpaired) electrons. The quantitative estimate of drug-likeness (QED) is 0.190. The minimum atomic E-state index is -0.669. The number of nitrogens with two attached hydrogens (primary N) is 1. The molecule has 0 saturated carbocycles. The van der Waals surface area contributed by atoms with Crippen LogP contribution in [-0.2, 0) is 4.79 Å². The van der Waals surface area contributed by atoms with Gasteiger partial charge in [-0.3, -0.25) is 9.79 Å². The Morgan fingerprint density at radius 1 is 0.828 bits per heavy atom. The summed E-state index contributed by atoms with van der Waals surface area (Å²) in [5, 5.41) is 8.59. The van der Waals surface area contributed by atoms with Gasteiger partial charge in [0.05, 0.1) is 0 Å². The molecule has 0 fully saturated rings. The monoisotopic (exact) mass is 403 g/mol. The van der Waals surface area contributed by atoms with E-state index in [1.165, 1.54) is 64.2 Å². The molecule has 29 heavy (non-hydrogen) atoms. The van der Waals surface area contributed by atoms with Crippen LogP contribution in [0.2, 0.25) is 0 Å². The van der Waals surface area contributed by atoms with Crippen molar-refractivity contribution in [2.75, 3.05) is 18.5 Å². The summed E-state index contributed by atoms with van der Waals surface area (Å²) in [6.07, 6.45) is 16.2. The molecule has 0 heterocycles. The Kier molecular flexibility index (Phi) is 14.5. The highest BCUT2D eigenvalue weighted by atomic mass is 16.4. The van der Waals surface area contributed by atoms with Crippen molar-refractivity contribution in [1.82, 2.24) is 0 Å². The van der Waals surface area contributed by atoms with E-state index < -0.39 is 5.97 Å². The van der Waals surface area contributed by atoms with E-state index in [1.54, 1.807) is 0 Å². The third kappa shape index (κ3) is 13.7. The lowest BCUT2D eigenvalue weighted by Gasteiger charge is -2.17. The van der Waals surface area contributed by atoms with E-state index in [2.05, 4.69) is 4.99 Å². The van der Waals surface area contributed by atoms with Gasteiger partial charge in [0.2, 0.25) is 0 Å². The molecule has 0 atom stereocenters. The van der Waals surface area contributed by atoms with Crippen LogP contribution in [0.15, 0.2) is 35.3 Å². The molecular weight excluding hydrogens is 362 g/mol. The molecule has 0 bridgehead atoms. The first-order valence-electron chi connectivity index (χ1n) is 11.4. The standard InChI is InChI=1S/C24H41N3O2/c1-27(22-18-14-13-15-19-22)24(25)26-21-17-12-10-8-6-4-2-3-5-7-9-11-16-20-23(28)29/h13-15,18-19H,2-12,16-17,20-21H2,1H3,(H2,25,26)(H,28,29). The Balaban J connectivity index is 1.87. The average molecular weight is 404 g/mol. The summed E-state index contributed by atoms with van der Waals surface area (Å²) in [7, 11) is 1.95. The van der Waals surface area contributed by atoms with Crippen LogP contribution in [0.4, 0.5) is 5.69 Å². The van der Waals surface area contributed by atoms with Crippen LogP contribution in [0.5, 0.6) is 0 Å². The van der Waals surface area contributed by atoms with Crippen molar-refractivity contribution < 1.29 is 9.90 Å². The highest BCUT2D eigenvalue weighted by Gasteiger charge is 2.03. The van der Waals surface area contributed by atoms with Gasteiger partial charge in [-0.2, -0.15) is 0 Å². The summed E-state index contributed by atoms with van der Waals surface area (Å²) in [4.78, 5) is 16.8. The van der Waals surface area contributed by atoms with Crippen molar-refractivity contribution in [2.24, 2.45) is 10.7 Å². The second-order valence-corrected chi connectivity index (χ2v) is 7.87. The Morgan fingerprint density at radius 3 is 1.76 bits per heavy atom. The fourth-order valence-corrected chi connectivity index (χ4v) is 3.42. The molecule has 0 aliphatic rings. The maximum absolute atomic E-state index is 10.4. The molecule has 0 spiro atoms. The third-order valence-electron chi connectivity index (χ3n) is 5.31. The average Bonchev–Trinajstić information content (AvgIpc) is 2.73. The van der Waals surface area contributed by atoms with E-state index in [9.17, 15) is 4.79 Å². The number of hydrogen-bond acceptors (Lipinski definition) is 2. The summed E-state index contributed by atoms with van der Waals surface area (Å²) < 4.78 is 0. The van der Waals surface area contributed by atoms with E-state index in [0.717, 1.165) is 31.5 Å². The van der Waals surface area contributed by atoms with Crippen molar-refractivity contribution >= 4 is 17.6 Å². The maximum atomic E-state index is 10.4. The number of aliphatic imine (C=N–C) groups is 1. The second-order valence-electron chi connectivity index (χ2n) is 7.87. The second kappa shape index (κ2) is 16.9. The molecule has 0 aliphatic carbocycles. The molecule has 0 aliphatic heterocycles. The summed E-state index contributed by atoms with van der Waals surface area (Å²) >= 11 is 0. The van der Waals surface area contributed by atoms with Gasteiger partial charge < -0.3 is 15.7 Å². The van der Waals surface area contributed by atoms with Crippen molar-refractivity contribution in [3.05, 3.63) is 30.3 Å². The number of benzene rings is 1. The number of carboxylic acids is 1. The topological polar surface area (TPSA) is 78.9 Å². The van der Waals surface area contributed by atoms with E-state index in [4.69, 9.17) is 10.8 Å². The first-order valence-corrected chi connectivity index (χ1v) is 11.4. The van der Waals surface area contributed by atoms with Gasteiger partial charge in [0.25, 0.3) is 0 Å². The summed E-state index contributed by atoms with van der Waals surface area (Å²) in [6, 6.07) is 10.1. The van der Waals surface area contributed by atoms with Crippen LogP contribution in [0.1, 0.15) is 89.9 Å². The highest BCUT2D eigenvalue weighted by Crippen LogP contribution is 2.13. The Labute approximate surface area is 177 Å². The predicted molar refractivity (Wildman–Crippen MR) is 124 cm³/mol. The lowest BCUT2D eigenvalue weighted by molar-refractivity contribution is -0.137. The number of aliphatic carboxylic acids is 1. The van der Waals surface area contributed by atoms with Gasteiger partial charge in [-0.15, -0.1) is 0 Å². The number of rotatable bonds is 17. The van der Waals surface area contributed by atoms with Crippen molar-refractivity contribution in [2.45, 2.75) is 89.9 Å². The minimum absolute atomic E-state index is 0.324. The SMILES string of the molecule is CN(C(N)=NCCCCCCCCCCCCCCCC(=O)O)c1ccccc1. The zero-order valence-corrected chi connectivity index (χ0v) is 18.3. The van der Waals surface area contributed by atoms with Crippen LogP contribution < -0.4 is 10.6 Å². The fourth-order valence-electron chi connectivity index (χ4n) is 3.42. The van der Waals surface area contributed by atoms with Crippen molar-refractivity contribution in [1.29, 1.82) is 0 Å². The van der Waals surface area contributed by atoms with E-state index in [-0.39, 0.29) is 0 Å². The van der Waals surface area contributed by atoms with Crippen LogP contribution >= 0.6 is 0 Å². The Bertz CT molecular complexity index is 561. The number of hydrogen-bond donors (Lipinski definition) is 2. The molecule has 0 amide bonds. The smallest absolute Gasteiger partial charge is 0.303 e. The summed E-state index contributed by atoms with van der Waals surface area (Å²) in [6.45, 7) is 0.801. The molecule has 164 valence electrons. The number of carbonyl (C=O) groups is 1. The first-order chi connectivity index (χ1) is 14.1. The molecule has 0 aromatic heterocycles. The number of para-hydroxylation sites is 1. The van der Waals surface area contributed by atoms with Crippen LogP contribution in [-0.4, -0.2) is 30.6 Å². The van der Waals surface area contributed by atoms with E-state index in [0.29, 0.717) is 12.4 Å². The third-order valence-corrected chi connectivity index (χ3v) is 5.31. The number of guanidine groups is 1. The molecule has 0 unspecified atom stereocenters. The number of nitrogens with zero attached hydrogens (tertiary/aromatic N) is 2. The largest absolute Gasteiger partial charge is 0.481 e. The number of anilines is 1. The van der Waals surface area contributed by atoms with Crippen molar-refractivity contribution in [3.63, 3.8) is 0 Å². The summed E-state index contributed by atoms with van der Waals surface area (Å²) in [5.74, 6) is -0.0874. The maximum Gasteiger partial charge on any atom is 0.303 e. The normalized spacial score (nSPS) is 11.6. The number of carboxylic acid groups (broad SMARTS) is 1. The minimum Gasteiger partial charge on any atom is -0.481 e. The Hall–Kier alpha value is -2.04. The number of unbranched alkanes of at least 4 members (excludes halogenated alkanes) is 12. The van der Waals surface area contributed by atoms with Gasteiger partial charge in [-0.05, 0) is 25.0 Å². The Morgan fingerprint density at radius 2 is 1.28 bits per heavy atom. The molecule has 0 saturated heterocycles. The molecule has 3 N–H and O–H groups in total. The molecule has 5 nitrogen and oxygen atoms in total. The lowest BCUT2D eigenvalue weighted by Crippen LogP contribution is -2.34.